The quantitative estimate of drug-likeness (QED) is 0.874. The zero-order valence-electron chi connectivity index (χ0n) is 11.3. The van der Waals surface area contributed by atoms with Crippen LogP contribution in [-0.2, 0) is 0 Å². The van der Waals surface area contributed by atoms with Crippen LogP contribution in [0.3, 0.4) is 0 Å². The smallest absolute Gasteiger partial charge is 0.142 e. The van der Waals surface area contributed by atoms with Crippen molar-refractivity contribution in [3.05, 3.63) is 24.3 Å². The van der Waals surface area contributed by atoms with Gasteiger partial charge in [0.15, 0.2) is 0 Å². The van der Waals surface area contributed by atoms with E-state index in [4.69, 9.17) is 4.74 Å². The van der Waals surface area contributed by atoms with Gasteiger partial charge in [0, 0.05) is 18.0 Å². The Labute approximate surface area is 108 Å². The van der Waals surface area contributed by atoms with Crippen LogP contribution in [0.25, 0.3) is 10.9 Å². The average Bonchev–Trinajstić information content (AvgIpc) is 2.41. The maximum absolute atomic E-state index is 9.74. The van der Waals surface area contributed by atoms with E-state index in [9.17, 15) is 5.11 Å². The van der Waals surface area contributed by atoms with Gasteiger partial charge in [-0.15, -0.1) is 0 Å². The van der Waals surface area contributed by atoms with E-state index < -0.39 is 0 Å². The summed E-state index contributed by atoms with van der Waals surface area (Å²) in [7, 11) is 1.61. The number of pyridine rings is 1. The molecule has 98 valence electrons. The van der Waals surface area contributed by atoms with Crippen LogP contribution in [0.1, 0.15) is 20.8 Å². The molecule has 0 aliphatic rings. The van der Waals surface area contributed by atoms with E-state index in [1.165, 1.54) is 0 Å². The van der Waals surface area contributed by atoms with E-state index in [2.05, 4.69) is 10.3 Å². The van der Waals surface area contributed by atoms with Gasteiger partial charge in [0.05, 0.1) is 7.11 Å². The average molecular weight is 248 g/mol. The molecule has 0 aliphatic carbocycles. The Kier molecular flexibility index (Phi) is 5.24. The molecule has 0 atom stereocenters. The van der Waals surface area contributed by atoms with Crippen molar-refractivity contribution >= 4 is 16.7 Å². The number of phenols is 1. The van der Waals surface area contributed by atoms with Crippen molar-refractivity contribution in [2.75, 3.05) is 19.0 Å². The van der Waals surface area contributed by atoms with Crippen LogP contribution in [0, 0.1) is 0 Å². The van der Waals surface area contributed by atoms with Crippen LogP contribution in [0.2, 0.25) is 0 Å². The van der Waals surface area contributed by atoms with Crippen molar-refractivity contribution in [3.8, 4) is 11.5 Å². The standard InChI is InChI=1S/C12H14N2O2.C2H6/c1-3-13-11-7-10(16-2)8-5-4-6-9(15)12(8)14-11;1-2/h4-7,15H,3H2,1-2H3,(H,13,14);1-2H3. The van der Waals surface area contributed by atoms with Crippen molar-refractivity contribution in [1.29, 1.82) is 0 Å². The fraction of sp³-hybridized carbons (Fsp3) is 0.357. The number of nitrogens with one attached hydrogen (secondary N) is 1. The lowest BCUT2D eigenvalue weighted by Gasteiger charge is -2.09. The lowest BCUT2D eigenvalue weighted by Crippen LogP contribution is -2.00. The molecule has 0 saturated heterocycles. The second-order valence-electron chi connectivity index (χ2n) is 3.41. The second kappa shape index (κ2) is 6.69. The van der Waals surface area contributed by atoms with Crippen LogP contribution in [0.4, 0.5) is 5.82 Å². The van der Waals surface area contributed by atoms with Crippen LogP contribution in [-0.4, -0.2) is 23.7 Å². The topological polar surface area (TPSA) is 54.4 Å². The number of rotatable bonds is 3. The van der Waals surface area contributed by atoms with Gasteiger partial charge in [0.25, 0.3) is 0 Å². The maximum atomic E-state index is 9.74. The lowest BCUT2D eigenvalue weighted by atomic mass is 10.2. The number of hydrogen-bond donors (Lipinski definition) is 2. The zero-order valence-corrected chi connectivity index (χ0v) is 11.3. The molecular weight excluding hydrogens is 228 g/mol. The molecule has 0 unspecified atom stereocenters. The van der Waals surface area contributed by atoms with Gasteiger partial charge in [-0.3, -0.25) is 0 Å². The zero-order chi connectivity index (χ0) is 13.5. The number of ether oxygens (including phenoxy) is 1. The van der Waals surface area contributed by atoms with E-state index in [0.29, 0.717) is 17.1 Å². The number of aromatic nitrogens is 1. The Morgan fingerprint density at radius 2 is 2.06 bits per heavy atom. The van der Waals surface area contributed by atoms with Crippen molar-refractivity contribution in [3.63, 3.8) is 0 Å². The number of para-hydroxylation sites is 1. The molecule has 18 heavy (non-hydrogen) atoms. The minimum absolute atomic E-state index is 0.163. The van der Waals surface area contributed by atoms with Crippen LogP contribution in [0.5, 0.6) is 11.5 Å². The van der Waals surface area contributed by atoms with Gasteiger partial charge in [-0.1, -0.05) is 19.9 Å². The van der Waals surface area contributed by atoms with Gasteiger partial charge in [-0.2, -0.15) is 0 Å². The van der Waals surface area contributed by atoms with E-state index in [-0.39, 0.29) is 5.75 Å². The highest BCUT2D eigenvalue weighted by molar-refractivity contribution is 5.91. The molecule has 0 radical (unpaired) electrons. The van der Waals surface area contributed by atoms with E-state index >= 15 is 0 Å². The molecule has 2 aromatic rings. The summed E-state index contributed by atoms with van der Waals surface area (Å²) in [6, 6.07) is 7.08. The summed E-state index contributed by atoms with van der Waals surface area (Å²) in [5, 5.41) is 13.6. The van der Waals surface area contributed by atoms with Crippen molar-refractivity contribution in [2.45, 2.75) is 20.8 Å². The molecule has 0 aliphatic heterocycles. The number of fused-ring (bicyclic) bond motifs is 1. The number of phenolic OH excluding ortho intramolecular Hbond substituents is 1. The molecule has 0 fully saturated rings. The third-order valence-electron chi connectivity index (χ3n) is 2.36. The molecule has 0 spiro atoms. The summed E-state index contributed by atoms with van der Waals surface area (Å²) in [5.74, 6) is 1.57. The number of benzene rings is 1. The number of hydrogen-bond acceptors (Lipinski definition) is 4. The Hall–Kier alpha value is -1.97. The second-order valence-corrected chi connectivity index (χ2v) is 3.41. The van der Waals surface area contributed by atoms with Crippen LogP contribution >= 0.6 is 0 Å². The Morgan fingerprint density at radius 3 is 2.67 bits per heavy atom. The molecule has 2 rings (SSSR count). The van der Waals surface area contributed by atoms with Gasteiger partial charge >= 0.3 is 0 Å². The molecule has 4 heteroatoms. The highest BCUT2D eigenvalue weighted by atomic mass is 16.5. The summed E-state index contributed by atoms with van der Waals surface area (Å²) < 4.78 is 5.28. The first-order valence-electron chi connectivity index (χ1n) is 6.17. The number of methoxy groups -OCH3 is 1. The Balaban J connectivity index is 0.000000771. The van der Waals surface area contributed by atoms with Crippen LogP contribution in [0.15, 0.2) is 24.3 Å². The lowest BCUT2D eigenvalue weighted by molar-refractivity contribution is 0.419. The number of aromatic hydroxyl groups is 1. The predicted molar refractivity (Wildman–Crippen MR) is 75.5 cm³/mol. The van der Waals surface area contributed by atoms with E-state index in [1.807, 2.05) is 32.9 Å². The molecule has 1 heterocycles. The SMILES string of the molecule is CC.CCNc1cc(OC)c2cccc(O)c2n1. The normalized spacial score (nSPS) is 9.56. The number of anilines is 1. The summed E-state index contributed by atoms with van der Waals surface area (Å²) in [6.45, 7) is 6.76. The minimum Gasteiger partial charge on any atom is -0.506 e. The van der Waals surface area contributed by atoms with Crippen molar-refractivity contribution < 1.29 is 9.84 Å². The Morgan fingerprint density at radius 1 is 1.33 bits per heavy atom. The molecule has 4 nitrogen and oxygen atoms in total. The fourth-order valence-corrected chi connectivity index (χ4v) is 1.64. The highest BCUT2D eigenvalue weighted by Gasteiger charge is 2.08. The number of nitrogens with zero attached hydrogens (tertiary/aromatic N) is 1. The monoisotopic (exact) mass is 248 g/mol. The van der Waals surface area contributed by atoms with E-state index in [0.717, 1.165) is 11.9 Å². The largest absolute Gasteiger partial charge is 0.506 e. The van der Waals surface area contributed by atoms with Gasteiger partial charge in [0.1, 0.15) is 22.8 Å². The first-order valence-corrected chi connectivity index (χ1v) is 6.17. The van der Waals surface area contributed by atoms with Gasteiger partial charge in [-0.05, 0) is 19.1 Å². The molecule has 1 aromatic heterocycles. The van der Waals surface area contributed by atoms with Crippen molar-refractivity contribution in [2.24, 2.45) is 0 Å². The molecule has 0 amide bonds. The minimum atomic E-state index is 0.163. The summed E-state index contributed by atoms with van der Waals surface area (Å²) >= 11 is 0. The molecule has 2 N–H and O–H groups in total. The Bertz CT molecular complexity index is 512. The van der Waals surface area contributed by atoms with Crippen molar-refractivity contribution in [1.82, 2.24) is 4.98 Å². The van der Waals surface area contributed by atoms with E-state index in [1.54, 1.807) is 19.2 Å². The third-order valence-corrected chi connectivity index (χ3v) is 2.36. The highest BCUT2D eigenvalue weighted by Crippen LogP contribution is 2.31. The van der Waals surface area contributed by atoms with Gasteiger partial charge in [0.2, 0.25) is 0 Å². The summed E-state index contributed by atoms with van der Waals surface area (Å²) in [5.41, 5.74) is 0.554. The molecule has 1 aromatic carbocycles. The first kappa shape index (κ1) is 14.1. The van der Waals surface area contributed by atoms with Crippen LogP contribution < -0.4 is 10.1 Å². The fourth-order valence-electron chi connectivity index (χ4n) is 1.64. The predicted octanol–water partition coefficient (Wildman–Crippen LogP) is 3.41. The first-order chi connectivity index (χ1) is 8.76. The maximum Gasteiger partial charge on any atom is 0.142 e. The van der Waals surface area contributed by atoms with Gasteiger partial charge < -0.3 is 15.2 Å². The van der Waals surface area contributed by atoms with Gasteiger partial charge in [-0.25, -0.2) is 4.98 Å². The summed E-state index contributed by atoms with van der Waals surface area (Å²) in [6.07, 6.45) is 0. The molecular formula is C14H20N2O2. The molecule has 0 saturated carbocycles. The third kappa shape index (κ3) is 2.83. The summed E-state index contributed by atoms with van der Waals surface area (Å²) in [4.78, 5) is 4.33. The molecule has 0 bridgehead atoms.